The number of halogens is 1. The van der Waals surface area contributed by atoms with Crippen LogP contribution in [-0.4, -0.2) is 24.6 Å². The average Bonchev–Trinajstić information content (AvgIpc) is 2.18. The van der Waals surface area contributed by atoms with Crippen LogP contribution in [0.25, 0.3) is 0 Å². The molecule has 1 rings (SSSR count). The number of nitrogens with one attached hydrogen (secondary N) is 1. The van der Waals surface area contributed by atoms with E-state index in [0.29, 0.717) is 17.9 Å². The molecule has 0 aliphatic rings. The molecule has 1 heterocycles. The quantitative estimate of drug-likeness (QED) is 0.617. The second-order valence-electron chi connectivity index (χ2n) is 2.52. The van der Waals surface area contributed by atoms with Crippen LogP contribution < -0.4 is 5.32 Å². The van der Waals surface area contributed by atoms with Crippen molar-refractivity contribution in [2.24, 2.45) is 0 Å². The van der Waals surface area contributed by atoms with Gasteiger partial charge >= 0.3 is 5.97 Å². The van der Waals surface area contributed by atoms with Crippen molar-refractivity contribution in [3.8, 4) is 0 Å². The lowest BCUT2D eigenvalue weighted by molar-refractivity contribution is 0.0527. The maximum atomic E-state index is 11.4. The van der Waals surface area contributed by atoms with Crippen LogP contribution >= 0.6 is 11.6 Å². The van der Waals surface area contributed by atoms with E-state index in [-0.39, 0.29) is 5.15 Å². The van der Waals surface area contributed by atoms with E-state index in [4.69, 9.17) is 16.3 Å². The third-order valence-electron chi connectivity index (χ3n) is 1.64. The minimum absolute atomic E-state index is 0.270. The first-order valence-electron chi connectivity index (χ1n) is 4.19. The molecule has 0 fully saturated rings. The van der Waals surface area contributed by atoms with E-state index in [2.05, 4.69) is 10.3 Å². The minimum Gasteiger partial charge on any atom is -0.462 e. The van der Waals surface area contributed by atoms with Crippen molar-refractivity contribution in [1.82, 2.24) is 4.98 Å². The molecule has 0 unspecified atom stereocenters. The molecule has 1 N–H and O–H groups in total. The molecule has 0 amide bonds. The Kier molecular flexibility index (Phi) is 3.71. The fourth-order valence-corrected chi connectivity index (χ4v) is 1.16. The number of anilines is 1. The Hall–Kier alpha value is -1.29. The van der Waals surface area contributed by atoms with Crippen molar-refractivity contribution >= 4 is 23.3 Å². The van der Waals surface area contributed by atoms with Gasteiger partial charge in [-0.05, 0) is 13.0 Å². The maximum Gasteiger partial charge on any atom is 0.340 e. The summed E-state index contributed by atoms with van der Waals surface area (Å²) >= 11 is 5.67. The second kappa shape index (κ2) is 4.81. The molecule has 0 aliphatic heterocycles. The van der Waals surface area contributed by atoms with Crippen LogP contribution in [0.5, 0.6) is 0 Å². The molecule has 4 nitrogen and oxygen atoms in total. The summed E-state index contributed by atoms with van der Waals surface area (Å²) in [5.74, 6) is -0.402. The largest absolute Gasteiger partial charge is 0.462 e. The lowest BCUT2D eigenvalue weighted by Crippen LogP contribution is -2.08. The van der Waals surface area contributed by atoms with Crippen molar-refractivity contribution in [3.05, 3.63) is 23.0 Å². The fraction of sp³-hybridized carbons (Fsp3) is 0.333. The van der Waals surface area contributed by atoms with Gasteiger partial charge in [0.05, 0.1) is 24.1 Å². The number of hydrogen-bond acceptors (Lipinski definition) is 4. The van der Waals surface area contributed by atoms with Gasteiger partial charge < -0.3 is 10.1 Å². The zero-order chi connectivity index (χ0) is 10.6. The van der Waals surface area contributed by atoms with E-state index in [1.807, 2.05) is 0 Å². The molecule has 1 aromatic heterocycles. The number of carbonyl (C=O) groups excluding carboxylic acids is 1. The molecular weight excluding hydrogens is 204 g/mol. The summed E-state index contributed by atoms with van der Waals surface area (Å²) in [4.78, 5) is 15.3. The summed E-state index contributed by atoms with van der Waals surface area (Å²) < 4.78 is 4.86. The molecule has 1 aromatic rings. The Morgan fingerprint density at radius 1 is 1.71 bits per heavy atom. The number of aromatic nitrogens is 1. The number of pyridine rings is 1. The first-order chi connectivity index (χ1) is 6.69. The Labute approximate surface area is 87.2 Å². The zero-order valence-electron chi connectivity index (χ0n) is 8.00. The van der Waals surface area contributed by atoms with Gasteiger partial charge in [-0.3, -0.25) is 0 Å². The summed E-state index contributed by atoms with van der Waals surface area (Å²) in [5.41, 5.74) is 1.00. The molecule has 0 aromatic carbocycles. The Bertz CT molecular complexity index is 342. The van der Waals surface area contributed by atoms with Gasteiger partial charge in [0.25, 0.3) is 0 Å². The highest BCUT2D eigenvalue weighted by molar-refractivity contribution is 6.29. The van der Waals surface area contributed by atoms with Crippen LogP contribution in [0.15, 0.2) is 12.3 Å². The van der Waals surface area contributed by atoms with Gasteiger partial charge in [-0.15, -0.1) is 0 Å². The van der Waals surface area contributed by atoms with Crippen molar-refractivity contribution < 1.29 is 9.53 Å². The summed E-state index contributed by atoms with van der Waals surface area (Å²) in [6, 6.07) is 1.48. The van der Waals surface area contributed by atoms with Gasteiger partial charge in [0.1, 0.15) is 5.15 Å². The predicted octanol–water partition coefficient (Wildman–Crippen LogP) is 1.95. The van der Waals surface area contributed by atoms with Crippen LogP contribution in [0.3, 0.4) is 0 Å². The van der Waals surface area contributed by atoms with Crippen LogP contribution in [0.4, 0.5) is 5.69 Å². The minimum atomic E-state index is -0.402. The van der Waals surface area contributed by atoms with Crippen LogP contribution in [-0.2, 0) is 4.74 Å². The molecule has 76 valence electrons. The van der Waals surface area contributed by atoms with Crippen LogP contribution in [0.1, 0.15) is 17.3 Å². The summed E-state index contributed by atoms with van der Waals surface area (Å²) in [5, 5.41) is 3.11. The van der Waals surface area contributed by atoms with Gasteiger partial charge in [0.15, 0.2) is 0 Å². The third kappa shape index (κ3) is 2.35. The van der Waals surface area contributed by atoms with E-state index in [1.54, 1.807) is 14.0 Å². The van der Waals surface area contributed by atoms with E-state index < -0.39 is 5.97 Å². The Balaban J connectivity index is 3.03. The number of carbonyl (C=O) groups is 1. The second-order valence-corrected chi connectivity index (χ2v) is 2.91. The van der Waals surface area contributed by atoms with E-state index in [0.717, 1.165) is 0 Å². The van der Waals surface area contributed by atoms with Crippen molar-refractivity contribution in [3.63, 3.8) is 0 Å². The number of nitrogens with zero attached hydrogens (tertiary/aromatic N) is 1. The topological polar surface area (TPSA) is 51.2 Å². The van der Waals surface area contributed by atoms with Gasteiger partial charge in [-0.2, -0.15) is 0 Å². The number of hydrogen-bond donors (Lipinski definition) is 1. The lowest BCUT2D eigenvalue weighted by atomic mass is 10.2. The van der Waals surface area contributed by atoms with Crippen molar-refractivity contribution in [2.75, 3.05) is 19.0 Å². The molecule has 0 bridgehead atoms. The number of esters is 1. The maximum absolute atomic E-state index is 11.4. The molecule has 0 spiro atoms. The van der Waals surface area contributed by atoms with E-state index in [1.165, 1.54) is 12.3 Å². The van der Waals surface area contributed by atoms with E-state index >= 15 is 0 Å². The standard InChI is InChI=1S/C9H11ClN2O2/c1-3-14-9(13)6-4-8(10)12-5-7(6)11-2/h4-5,11H,3H2,1-2H3. The van der Waals surface area contributed by atoms with Crippen molar-refractivity contribution in [1.29, 1.82) is 0 Å². The highest BCUT2D eigenvalue weighted by atomic mass is 35.5. The van der Waals surface area contributed by atoms with Gasteiger partial charge in [0, 0.05) is 7.05 Å². The molecular formula is C9H11ClN2O2. The number of ether oxygens (including phenoxy) is 1. The Morgan fingerprint density at radius 2 is 2.43 bits per heavy atom. The molecule has 0 radical (unpaired) electrons. The highest BCUT2D eigenvalue weighted by Crippen LogP contribution is 2.18. The molecule has 5 heteroatoms. The van der Waals surface area contributed by atoms with Crippen molar-refractivity contribution in [2.45, 2.75) is 6.92 Å². The third-order valence-corrected chi connectivity index (χ3v) is 1.84. The van der Waals surface area contributed by atoms with Gasteiger partial charge in [0.2, 0.25) is 0 Å². The molecule has 0 atom stereocenters. The molecule has 0 aliphatic carbocycles. The lowest BCUT2D eigenvalue weighted by Gasteiger charge is -2.07. The fourth-order valence-electron chi connectivity index (χ4n) is 1.01. The van der Waals surface area contributed by atoms with E-state index in [9.17, 15) is 4.79 Å². The monoisotopic (exact) mass is 214 g/mol. The summed E-state index contributed by atoms with van der Waals surface area (Å²) in [7, 11) is 1.70. The predicted molar refractivity (Wildman–Crippen MR) is 54.8 cm³/mol. The molecule has 0 saturated carbocycles. The van der Waals surface area contributed by atoms with Crippen LogP contribution in [0, 0.1) is 0 Å². The smallest absolute Gasteiger partial charge is 0.340 e. The average molecular weight is 215 g/mol. The SMILES string of the molecule is CCOC(=O)c1cc(Cl)ncc1NC. The first kappa shape index (κ1) is 10.8. The molecule has 0 saturated heterocycles. The van der Waals surface area contributed by atoms with Gasteiger partial charge in [-0.25, -0.2) is 9.78 Å². The summed E-state index contributed by atoms with van der Waals surface area (Å²) in [6.45, 7) is 2.08. The van der Waals surface area contributed by atoms with Gasteiger partial charge in [-0.1, -0.05) is 11.6 Å². The normalized spacial score (nSPS) is 9.64. The number of rotatable bonds is 3. The highest BCUT2D eigenvalue weighted by Gasteiger charge is 2.12. The summed E-state index contributed by atoms with van der Waals surface area (Å²) in [6.07, 6.45) is 1.49. The zero-order valence-corrected chi connectivity index (χ0v) is 8.76. The Morgan fingerprint density at radius 3 is 3.00 bits per heavy atom. The molecule has 14 heavy (non-hydrogen) atoms. The van der Waals surface area contributed by atoms with Crippen LogP contribution in [0.2, 0.25) is 5.15 Å². The first-order valence-corrected chi connectivity index (χ1v) is 4.57.